The first kappa shape index (κ1) is 22.4. The lowest BCUT2D eigenvalue weighted by atomic mass is 10.1. The number of benzene rings is 1. The van der Waals surface area contributed by atoms with Crippen molar-refractivity contribution in [2.75, 3.05) is 6.54 Å². The van der Waals surface area contributed by atoms with Gasteiger partial charge in [0.25, 0.3) is 0 Å². The van der Waals surface area contributed by atoms with E-state index in [1.54, 1.807) is 0 Å². The van der Waals surface area contributed by atoms with Crippen molar-refractivity contribution in [3.63, 3.8) is 0 Å². The van der Waals surface area contributed by atoms with Crippen LogP contribution in [0.3, 0.4) is 0 Å². The Morgan fingerprint density at radius 1 is 1.19 bits per heavy atom. The van der Waals surface area contributed by atoms with Crippen molar-refractivity contribution in [2.24, 2.45) is 0 Å². The Morgan fingerprint density at radius 3 is 2.52 bits per heavy atom. The largest absolute Gasteiger partial charge is 0.490 e. The van der Waals surface area contributed by atoms with Gasteiger partial charge in [0.05, 0.1) is 12.6 Å². The standard InChI is InChI=1S/C17H20N6O.C2HF3O2/c1-11-6-4-5-7-14(11)16-18-17(24-21-16)12(2)22-8-9-23-13(3)19-20-15(23)10-22;3-2(4,5)1(6)7/h4-7,12H,8-10H2,1-3H3;(H,6,7). The van der Waals surface area contributed by atoms with Gasteiger partial charge in [0.1, 0.15) is 11.6 Å². The topological polar surface area (TPSA) is 110 Å². The predicted octanol–water partition coefficient (Wildman–Crippen LogP) is 3.16. The van der Waals surface area contributed by atoms with E-state index in [1.165, 1.54) is 0 Å². The summed E-state index contributed by atoms with van der Waals surface area (Å²) in [7, 11) is 0. The van der Waals surface area contributed by atoms with Crippen LogP contribution in [0.15, 0.2) is 28.8 Å². The number of carboxylic acid groups (broad SMARTS) is 1. The van der Waals surface area contributed by atoms with Crippen molar-refractivity contribution in [3.8, 4) is 11.4 Å². The van der Waals surface area contributed by atoms with Gasteiger partial charge in [0, 0.05) is 18.7 Å². The van der Waals surface area contributed by atoms with Gasteiger partial charge in [-0.1, -0.05) is 29.4 Å². The van der Waals surface area contributed by atoms with Crippen molar-refractivity contribution in [1.29, 1.82) is 0 Å². The fraction of sp³-hybridized carbons (Fsp3) is 0.421. The Balaban J connectivity index is 0.000000339. The summed E-state index contributed by atoms with van der Waals surface area (Å²) in [5, 5.41) is 19.7. The number of aromatic nitrogens is 5. The zero-order valence-electron chi connectivity index (χ0n) is 17.1. The summed E-state index contributed by atoms with van der Waals surface area (Å²) < 4.78 is 39.4. The van der Waals surface area contributed by atoms with Crippen molar-refractivity contribution >= 4 is 5.97 Å². The van der Waals surface area contributed by atoms with Crippen LogP contribution in [0.1, 0.15) is 36.1 Å². The molecule has 0 aliphatic carbocycles. The molecule has 1 aromatic carbocycles. The molecule has 1 atom stereocenters. The van der Waals surface area contributed by atoms with Gasteiger partial charge < -0.3 is 14.2 Å². The fourth-order valence-electron chi connectivity index (χ4n) is 3.15. The Labute approximate surface area is 175 Å². The lowest BCUT2D eigenvalue weighted by Gasteiger charge is -2.30. The smallest absolute Gasteiger partial charge is 0.475 e. The zero-order valence-corrected chi connectivity index (χ0v) is 17.1. The minimum atomic E-state index is -5.08. The van der Waals surface area contributed by atoms with E-state index in [-0.39, 0.29) is 6.04 Å². The molecule has 2 aromatic heterocycles. The molecule has 1 aliphatic rings. The first-order valence-corrected chi connectivity index (χ1v) is 9.40. The molecule has 1 unspecified atom stereocenters. The van der Waals surface area contributed by atoms with Gasteiger partial charge in [0.2, 0.25) is 11.7 Å². The van der Waals surface area contributed by atoms with E-state index in [1.807, 2.05) is 25.1 Å². The average Bonchev–Trinajstić information content (AvgIpc) is 3.35. The number of carboxylic acids is 1. The van der Waals surface area contributed by atoms with E-state index < -0.39 is 12.1 Å². The molecule has 4 rings (SSSR count). The summed E-state index contributed by atoms with van der Waals surface area (Å²) in [6.07, 6.45) is -5.08. The third kappa shape index (κ3) is 5.08. The van der Waals surface area contributed by atoms with Gasteiger partial charge in [-0.05, 0) is 26.3 Å². The van der Waals surface area contributed by atoms with Crippen molar-refractivity contribution in [3.05, 3.63) is 47.4 Å². The van der Waals surface area contributed by atoms with Gasteiger partial charge in [-0.2, -0.15) is 18.2 Å². The number of fused-ring (bicyclic) bond motifs is 1. The van der Waals surface area contributed by atoms with Crippen LogP contribution in [0.5, 0.6) is 0 Å². The van der Waals surface area contributed by atoms with Crippen molar-refractivity contribution in [2.45, 2.75) is 46.1 Å². The van der Waals surface area contributed by atoms with Gasteiger partial charge in [-0.25, -0.2) is 4.79 Å². The second kappa shape index (κ2) is 8.84. The number of alkyl halides is 3. The molecule has 0 spiro atoms. The van der Waals surface area contributed by atoms with E-state index in [9.17, 15) is 13.2 Å². The SMILES string of the molecule is Cc1ccccc1-c1noc(C(C)N2CCn3c(C)nnc3C2)n1.O=C(O)C(F)(F)F. The average molecular weight is 438 g/mol. The minimum absolute atomic E-state index is 0.0426. The van der Waals surface area contributed by atoms with E-state index in [2.05, 4.69) is 49.7 Å². The third-order valence-electron chi connectivity index (χ3n) is 4.94. The first-order chi connectivity index (χ1) is 14.6. The molecule has 0 amide bonds. The van der Waals surface area contributed by atoms with Crippen LogP contribution in [0.2, 0.25) is 0 Å². The van der Waals surface area contributed by atoms with Crippen LogP contribution in [-0.4, -0.2) is 53.6 Å². The highest BCUT2D eigenvalue weighted by molar-refractivity contribution is 5.73. The normalized spacial score (nSPS) is 15.0. The number of aliphatic carboxylic acids is 1. The quantitative estimate of drug-likeness (QED) is 0.664. The summed E-state index contributed by atoms with van der Waals surface area (Å²) >= 11 is 0. The summed E-state index contributed by atoms with van der Waals surface area (Å²) in [5.74, 6) is 0.484. The van der Waals surface area contributed by atoms with Crippen LogP contribution in [0.25, 0.3) is 11.4 Å². The van der Waals surface area contributed by atoms with Crippen LogP contribution in [-0.2, 0) is 17.9 Å². The molecular weight excluding hydrogens is 417 g/mol. The summed E-state index contributed by atoms with van der Waals surface area (Å²) in [6.45, 7) is 8.67. The maximum Gasteiger partial charge on any atom is 0.490 e. The molecule has 0 bridgehead atoms. The second-order valence-corrected chi connectivity index (χ2v) is 7.04. The molecule has 31 heavy (non-hydrogen) atoms. The highest BCUT2D eigenvalue weighted by Gasteiger charge is 2.38. The van der Waals surface area contributed by atoms with Crippen LogP contribution < -0.4 is 0 Å². The molecule has 166 valence electrons. The summed E-state index contributed by atoms with van der Waals surface area (Å²) in [4.78, 5) is 15.8. The summed E-state index contributed by atoms with van der Waals surface area (Å²) in [5.41, 5.74) is 2.15. The highest BCUT2D eigenvalue weighted by atomic mass is 19.4. The van der Waals surface area contributed by atoms with E-state index in [0.717, 1.165) is 42.4 Å². The van der Waals surface area contributed by atoms with E-state index >= 15 is 0 Å². The Kier molecular flexibility index (Phi) is 6.39. The Bertz CT molecular complexity index is 1060. The maximum atomic E-state index is 10.6. The highest BCUT2D eigenvalue weighted by Crippen LogP contribution is 2.26. The molecule has 1 N–H and O–H groups in total. The second-order valence-electron chi connectivity index (χ2n) is 7.04. The number of hydrogen-bond donors (Lipinski definition) is 1. The number of nitrogens with zero attached hydrogens (tertiary/aromatic N) is 6. The molecule has 0 radical (unpaired) electrons. The predicted molar refractivity (Wildman–Crippen MR) is 102 cm³/mol. The molecule has 0 saturated heterocycles. The maximum absolute atomic E-state index is 10.6. The third-order valence-corrected chi connectivity index (χ3v) is 4.94. The van der Waals surface area contributed by atoms with Crippen LogP contribution in [0, 0.1) is 13.8 Å². The molecule has 0 fully saturated rings. The van der Waals surface area contributed by atoms with Crippen molar-refractivity contribution in [1.82, 2.24) is 29.8 Å². The number of hydrogen-bond acceptors (Lipinski definition) is 7. The van der Waals surface area contributed by atoms with E-state index in [0.29, 0.717) is 11.7 Å². The van der Waals surface area contributed by atoms with Crippen LogP contribution in [0.4, 0.5) is 13.2 Å². The minimum Gasteiger partial charge on any atom is -0.475 e. The van der Waals surface area contributed by atoms with E-state index in [4.69, 9.17) is 14.4 Å². The molecule has 9 nitrogen and oxygen atoms in total. The van der Waals surface area contributed by atoms with Gasteiger partial charge in [-0.15, -0.1) is 10.2 Å². The molecular formula is C19H21F3N6O3. The lowest BCUT2D eigenvalue weighted by Crippen LogP contribution is -2.36. The lowest BCUT2D eigenvalue weighted by molar-refractivity contribution is -0.192. The fourth-order valence-corrected chi connectivity index (χ4v) is 3.15. The Morgan fingerprint density at radius 2 is 1.87 bits per heavy atom. The number of aryl methyl sites for hydroxylation is 2. The zero-order chi connectivity index (χ0) is 22.8. The number of carbonyl (C=O) groups is 1. The van der Waals surface area contributed by atoms with Gasteiger partial charge in [-0.3, -0.25) is 4.90 Å². The van der Waals surface area contributed by atoms with Crippen molar-refractivity contribution < 1.29 is 27.6 Å². The van der Waals surface area contributed by atoms with Gasteiger partial charge in [0.15, 0.2) is 0 Å². The monoisotopic (exact) mass is 438 g/mol. The molecule has 12 heteroatoms. The first-order valence-electron chi connectivity index (χ1n) is 9.40. The molecule has 0 saturated carbocycles. The molecule has 3 heterocycles. The Hall–Kier alpha value is -3.28. The summed E-state index contributed by atoms with van der Waals surface area (Å²) in [6, 6.07) is 8.10. The molecule has 3 aromatic rings. The molecule has 1 aliphatic heterocycles. The number of halogens is 3. The number of rotatable bonds is 3. The van der Waals surface area contributed by atoms with Crippen LogP contribution >= 0.6 is 0 Å². The van der Waals surface area contributed by atoms with Gasteiger partial charge >= 0.3 is 12.1 Å².